The summed E-state index contributed by atoms with van der Waals surface area (Å²) in [6, 6.07) is 3.30. The molecule has 2 saturated heterocycles. The molecule has 1 aromatic heterocycles. The average molecular weight is 353 g/mol. The Hall–Kier alpha value is -2.00. The van der Waals surface area contributed by atoms with E-state index in [1.165, 1.54) is 22.9 Å². The molecule has 0 radical (unpaired) electrons. The number of carbonyl (C=O) groups is 3. The molecule has 2 atom stereocenters. The molecule has 0 unspecified atom stereocenters. The molecule has 2 amide bonds. The summed E-state index contributed by atoms with van der Waals surface area (Å²) in [6.45, 7) is 3.03. The molecule has 2 aliphatic rings. The Bertz CT molecular complexity index is 689. The van der Waals surface area contributed by atoms with Crippen LogP contribution in [-0.4, -0.2) is 55.0 Å². The molecule has 3 N–H and O–H groups in total. The van der Waals surface area contributed by atoms with Gasteiger partial charge in [-0.2, -0.15) is 0 Å². The molecule has 0 aromatic carbocycles. The average Bonchev–Trinajstić information content (AvgIpc) is 3.07. The highest BCUT2D eigenvalue weighted by Gasteiger charge is 2.73. The van der Waals surface area contributed by atoms with E-state index in [2.05, 4.69) is 0 Å². The van der Waals surface area contributed by atoms with Crippen LogP contribution in [0.25, 0.3) is 0 Å². The summed E-state index contributed by atoms with van der Waals surface area (Å²) in [5.41, 5.74) is 3.72. The Kier molecular flexibility index (Phi) is 3.88. The second-order valence-corrected chi connectivity index (χ2v) is 8.09. The zero-order chi connectivity index (χ0) is 17.7. The van der Waals surface area contributed by atoms with Crippen LogP contribution in [0.5, 0.6) is 0 Å². The van der Waals surface area contributed by atoms with Crippen molar-refractivity contribution in [2.45, 2.75) is 42.6 Å². The number of fused-ring (bicyclic) bond motifs is 1. The predicted molar refractivity (Wildman–Crippen MR) is 85.6 cm³/mol. The summed E-state index contributed by atoms with van der Waals surface area (Å²) in [4.78, 5) is 39.6. The van der Waals surface area contributed by atoms with Gasteiger partial charge in [0.05, 0.1) is 35.9 Å². The smallest absolute Gasteiger partial charge is 0.352 e. The number of nitrogens with zero attached hydrogens (tertiary/aromatic N) is 2. The maximum atomic E-state index is 12.6. The van der Waals surface area contributed by atoms with Gasteiger partial charge in [0.15, 0.2) is 0 Å². The third-order valence-corrected chi connectivity index (χ3v) is 6.11. The van der Waals surface area contributed by atoms with Gasteiger partial charge in [-0.15, -0.1) is 11.8 Å². The third kappa shape index (κ3) is 2.07. The Morgan fingerprint density at radius 1 is 1.54 bits per heavy atom. The first kappa shape index (κ1) is 16.8. The van der Waals surface area contributed by atoms with E-state index in [0.29, 0.717) is 5.76 Å². The number of aliphatic carboxylic acids is 1. The standard InChI is InChI=1S/C15H19N3O5S/c1-14(2)15(13(21)22,18-10(19)6-12(18)24-14)17(11(20)7-16)8-9-4-3-5-23-9/h3-5,12H,6-8,16H2,1-2H3,(H,21,22)/t12-,15+/m1/s1. The molecule has 8 nitrogen and oxygen atoms in total. The van der Waals surface area contributed by atoms with Crippen LogP contribution in [0.1, 0.15) is 26.0 Å². The lowest BCUT2D eigenvalue weighted by Gasteiger charge is -2.51. The van der Waals surface area contributed by atoms with Gasteiger partial charge in [0.1, 0.15) is 5.76 Å². The largest absolute Gasteiger partial charge is 0.478 e. The monoisotopic (exact) mass is 353 g/mol. The van der Waals surface area contributed by atoms with Crippen LogP contribution in [0.2, 0.25) is 0 Å². The molecule has 3 rings (SSSR count). The minimum absolute atomic E-state index is 0.0736. The van der Waals surface area contributed by atoms with Crippen molar-refractivity contribution < 1.29 is 23.9 Å². The Labute approximate surface area is 142 Å². The molecular formula is C15H19N3O5S. The number of thioether (sulfide) groups is 1. The van der Waals surface area contributed by atoms with Crippen molar-refractivity contribution in [1.29, 1.82) is 0 Å². The first-order valence-electron chi connectivity index (χ1n) is 7.52. The summed E-state index contributed by atoms with van der Waals surface area (Å²) in [5, 5.41) is 9.85. The molecular weight excluding hydrogens is 334 g/mol. The first-order chi connectivity index (χ1) is 11.3. The second kappa shape index (κ2) is 5.52. The van der Waals surface area contributed by atoms with E-state index in [1.807, 2.05) is 0 Å². The van der Waals surface area contributed by atoms with Gasteiger partial charge in [0.25, 0.3) is 0 Å². The highest BCUT2D eigenvalue weighted by molar-refractivity contribution is 8.01. The Balaban J connectivity index is 2.14. The van der Waals surface area contributed by atoms with Crippen molar-refractivity contribution in [3.63, 3.8) is 0 Å². The fourth-order valence-electron chi connectivity index (χ4n) is 3.57. The van der Waals surface area contributed by atoms with Gasteiger partial charge in [-0.25, -0.2) is 4.79 Å². The molecule has 0 spiro atoms. The number of hydrogen-bond acceptors (Lipinski definition) is 6. The number of hydrogen-bond donors (Lipinski definition) is 2. The highest BCUT2D eigenvalue weighted by atomic mass is 32.2. The SMILES string of the molecule is CC1(C)S[C@@H]2CC(=O)N2[C@]1(C(=O)O)N(Cc1ccco1)C(=O)CN. The number of carboxylic acids is 1. The van der Waals surface area contributed by atoms with Crippen LogP contribution in [0.4, 0.5) is 0 Å². The quantitative estimate of drug-likeness (QED) is 0.737. The van der Waals surface area contributed by atoms with E-state index >= 15 is 0 Å². The van der Waals surface area contributed by atoms with Crippen molar-refractivity contribution in [2.24, 2.45) is 5.73 Å². The van der Waals surface area contributed by atoms with Crippen molar-refractivity contribution in [3.05, 3.63) is 24.2 Å². The minimum Gasteiger partial charge on any atom is -0.478 e. The maximum Gasteiger partial charge on any atom is 0.352 e. The topological polar surface area (TPSA) is 117 Å². The van der Waals surface area contributed by atoms with E-state index in [9.17, 15) is 19.5 Å². The Morgan fingerprint density at radius 2 is 2.25 bits per heavy atom. The van der Waals surface area contributed by atoms with Crippen molar-refractivity contribution in [3.8, 4) is 0 Å². The number of furan rings is 1. The third-order valence-electron chi connectivity index (χ3n) is 4.58. The molecule has 2 fully saturated rings. The van der Waals surface area contributed by atoms with Crippen LogP contribution in [-0.2, 0) is 20.9 Å². The van der Waals surface area contributed by atoms with Crippen molar-refractivity contribution in [2.75, 3.05) is 6.54 Å². The van der Waals surface area contributed by atoms with E-state index in [1.54, 1.807) is 26.0 Å². The first-order valence-corrected chi connectivity index (χ1v) is 8.40. The molecule has 3 heterocycles. The van der Waals surface area contributed by atoms with Crippen LogP contribution in [0.3, 0.4) is 0 Å². The van der Waals surface area contributed by atoms with E-state index in [-0.39, 0.29) is 30.8 Å². The van der Waals surface area contributed by atoms with Crippen molar-refractivity contribution in [1.82, 2.24) is 9.80 Å². The molecule has 2 aliphatic heterocycles. The van der Waals surface area contributed by atoms with Gasteiger partial charge < -0.3 is 15.3 Å². The lowest BCUT2D eigenvalue weighted by atomic mass is 9.87. The summed E-state index contributed by atoms with van der Waals surface area (Å²) in [5.74, 6) is -1.66. The molecule has 9 heteroatoms. The summed E-state index contributed by atoms with van der Waals surface area (Å²) in [7, 11) is 0. The summed E-state index contributed by atoms with van der Waals surface area (Å²) < 4.78 is 4.37. The lowest BCUT2D eigenvalue weighted by molar-refractivity contribution is -0.191. The predicted octanol–water partition coefficient (Wildman–Crippen LogP) is 0.432. The normalized spacial score (nSPS) is 27.5. The molecule has 1 aromatic rings. The van der Waals surface area contributed by atoms with Gasteiger partial charge in [-0.05, 0) is 26.0 Å². The molecule has 0 aliphatic carbocycles. The minimum atomic E-state index is -1.80. The zero-order valence-corrected chi connectivity index (χ0v) is 14.2. The number of carboxylic acid groups (broad SMARTS) is 1. The van der Waals surface area contributed by atoms with Gasteiger partial charge in [0, 0.05) is 0 Å². The van der Waals surface area contributed by atoms with E-state index in [4.69, 9.17) is 10.2 Å². The van der Waals surface area contributed by atoms with E-state index in [0.717, 1.165) is 4.90 Å². The maximum absolute atomic E-state index is 12.6. The van der Waals surface area contributed by atoms with Crippen molar-refractivity contribution >= 4 is 29.5 Å². The van der Waals surface area contributed by atoms with Gasteiger partial charge in [-0.3, -0.25) is 19.4 Å². The fraction of sp³-hybridized carbons (Fsp3) is 0.533. The second-order valence-electron chi connectivity index (χ2n) is 6.29. The molecule has 0 bridgehead atoms. The summed E-state index contributed by atoms with van der Waals surface area (Å²) >= 11 is 1.38. The number of nitrogens with two attached hydrogens (primary N) is 1. The molecule has 130 valence electrons. The molecule has 0 saturated carbocycles. The number of β-lactam (4-membered cyclic amide) rings is 1. The van der Waals surface area contributed by atoms with Crippen LogP contribution >= 0.6 is 11.8 Å². The van der Waals surface area contributed by atoms with Gasteiger partial charge in [-0.1, -0.05) is 0 Å². The summed E-state index contributed by atoms with van der Waals surface area (Å²) in [6.07, 6.45) is 1.72. The van der Waals surface area contributed by atoms with Crippen LogP contribution < -0.4 is 5.73 Å². The number of rotatable bonds is 5. The fourth-order valence-corrected chi connectivity index (χ4v) is 5.31. The van der Waals surface area contributed by atoms with E-state index < -0.39 is 22.3 Å². The van der Waals surface area contributed by atoms with Gasteiger partial charge in [0.2, 0.25) is 17.5 Å². The zero-order valence-electron chi connectivity index (χ0n) is 13.4. The van der Waals surface area contributed by atoms with Crippen LogP contribution in [0, 0.1) is 0 Å². The van der Waals surface area contributed by atoms with Crippen LogP contribution in [0.15, 0.2) is 22.8 Å². The van der Waals surface area contributed by atoms with Gasteiger partial charge >= 0.3 is 5.97 Å². The lowest BCUT2D eigenvalue weighted by Crippen LogP contribution is -2.76. The number of carbonyl (C=O) groups excluding carboxylic acids is 2. The highest BCUT2D eigenvalue weighted by Crippen LogP contribution is 2.58. The Morgan fingerprint density at radius 3 is 2.75 bits per heavy atom. The molecule has 24 heavy (non-hydrogen) atoms. The number of amides is 2.